The lowest BCUT2D eigenvalue weighted by Gasteiger charge is -2.20. The summed E-state index contributed by atoms with van der Waals surface area (Å²) in [4.78, 5) is 0. The predicted octanol–water partition coefficient (Wildman–Crippen LogP) is 1.55. The molecular formula is C10H20O3. The van der Waals surface area contributed by atoms with E-state index in [9.17, 15) is 0 Å². The van der Waals surface area contributed by atoms with E-state index in [1.54, 1.807) is 0 Å². The maximum absolute atomic E-state index is 8.86. The van der Waals surface area contributed by atoms with Gasteiger partial charge >= 0.3 is 0 Å². The van der Waals surface area contributed by atoms with E-state index < -0.39 is 0 Å². The molecule has 0 radical (unpaired) electrons. The zero-order valence-electron chi connectivity index (χ0n) is 8.53. The molecule has 0 aromatic heterocycles. The summed E-state index contributed by atoms with van der Waals surface area (Å²) in [7, 11) is 0. The quantitative estimate of drug-likeness (QED) is 0.711. The molecule has 1 N–H and O–H groups in total. The van der Waals surface area contributed by atoms with Crippen LogP contribution in [0.2, 0.25) is 0 Å². The topological polar surface area (TPSA) is 38.7 Å². The van der Waals surface area contributed by atoms with Crippen LogP contribution >= 0.6 is 0 Å². The van der Waals surface area contributed by atoms with Gasteiger partial charge in [-0.1, -0.05) is 20.3 Å². The monoisotopic (exact) mass is 188 g/mol. The lowest BCUT2D eigenvalue weighted by Crippen LogP contribution is -2.23. The molecule has 13 heavy (non-hydrogen) atoms. The van der Waals surface area contributed by atoms with Crippen molar-refractivity contribution in [3.63, 3.8) is 0 Å². The van der Waals surface area contributed by atoms with Crippen molar-refractivity contribution in [3.8, 4) is 0 Å². The third-order valence-corrected chi connectivity index (χ3v) is 2.55. The van der Waals surface area contributed by atoms with Crippen molar-refractivity contribution in [1.29, 1.82) is 0 Å². The van der Waals surface area contributed by atoms with Gasteiger partial charge in [0.05, 0.1) is 13.2 Å². The molecule has 1 aliphatic heterocycles. The van der Waals surface area contributed by atoms with Crippen LogP contribution in [0, 0.1) is 5.92 Å². The number of hydrogen-bond acceptors (Lipinski definition) is 3. The van der Waals surface area contributed by atoms with Crippen LogP contribution in [-0.4, -0.2) is 30.7 Å². The summed E-state index contributed by atoms with van der Waals surface area (Å²) < 4.78 is 11.0. The summed E-state index contributed by atoms with van der Waals surface area (Å²) in [5, 5.41) is 8.86. The number of rotatable bonds is 5. The van der Waals surface area contributed by atoms with E-state index in [1.165, 1.54) is 0 Å². The molecule has 0 aromatic rings. The first-order valence-corrected chi connectivity index (χ1v) is 5.19. The Balaban J connectivity index is 2.33. The van der Waals surface area contributed by atoms with Crippen LogP contribution in [0.5, 0.6) is 0 Å². The molecule has 0 spiro atoms. The Hall–Kier alpha value is -0.120. The van der Waals surface area contributed by atoms with E-state index in [-0.39, 0.29) is 19.0 Å². The molecule has 1 fully saturated rings. The molecule has 1 aliphatic rings. The van der Waals surface area contributed by atoms with Crippen molar-refractivity contribution in [2.24, 2.45) is 5.92 Å². The predicted molar refractivity (Wildman–Crippen MR) is 50.4 cm³/mol. The van der Waals surface area contributed by atoms with Crippen molar-refractivity contribution in [1.82, 2.24) is 0 Å². The van der Waals surface area contributed by atoms with Gasteiger partial charge in [0, 0.05) is 5.92 Å². The van der Waals surface area contributed by atoms with E-state index in [0.29, 0.717) is 12.5 Å². The Bertz CT molecular complexity index is 138. The highest BCUT2D eigenvalue weighted by atomic mass is 16.7. The van der Waals surface area contributed by atoms with Crippen LogP contribution in [0.25, 0.3) is 0 Å². The summed E-state index contributed by atoms with van der Waals surface area (Å²) in [6.07, 6.45) is 3.19. The van der Waals surface area contributed by atoms with Gasteiger partial charge in [-0.25, -0.2) is 0 Å². The zero-order chi connectivity index (χ0) is 9.68. The van der Waals surface area contributed by atoms with Crippen LogP contribution < -0.4 is 0 Å². The smallest absolute Gasteiger partial charge is 0.161 e. The van der Waals surface area contributed by atoms with Gasteiger partial charge in [-0.2, -0.15) is 0 Å². The van der Waals surface area contributed by atoms with Crippen LogP contribution in [0.1, 0.15) is 33.1 Å². The maximum Gasteiger partial charge on any atom is 0.161 e. The lowest BCUT2D eigenvalue weighted by molar-refractivity contribution is -0.104. The minimum absolute atomic E-state index is 0.0685. The fourth-order valence-electron chi connectivity index (χ4n) is 1.72. The Morgan fingerprint density at radius 3 is 2.69 bits per heavy atom. The molecule has 1 saturated heterocycles. The average molecular weight is 188 g/mol. The molecule has 0 aromatic carbocycles. The summed E-state index contributed by atoms with van der Waals surface area (Å²) >= 11 is 0. The molecule has 3 heteroatoms. The highest BCUT2D eigenvalue weighted by Gasteiger charge is 2.30. The standard InChI is InChI=1S/C10H20O3/c1-3-5-8(4-2)10-12-7-9(6-11)13-10/h8-11H,3-7H2,1-2H3. The van der Waals surface area contributed by atoms with Gasteiger partial charge in [-0.15, -0.1) is 0 Å². The van der Waals surface area contributed by atoms with Crippen molar-refractivity contribution < 1.29 is 14.6 Å². The SMILES string of the molecule is CCCC(CC)C1OCC(CO)O1. The summed E-state index contributed by atoms with van der Waals surface area (Å²) in [5.74, 6) is 0.488. The second-order valence-corrected chi connectivity index (χ2v) is 3.60. The fraction of sp³-hybridized carbons (Fsp3) is 1.00. The molecule has 0 amide bonds. The van der Waals surface area contributed by atoms with Gasteiger partial charge in [0.1, 0.15) is 6.10 Å². The van der Waals surface area contributed by atoms with E-state index in [0.717, 1.165) is 19.3 Å². The van der Waals surface area contributed by atoms with E-state index in [1.807, 2.05) is 0 Å². The largest absolute Gasteiger partial charge is 0.394 e. The van der Waals surface area contributed by atoms with Crippen molar-refractivity contribution in [2.45, 2.75) is 45.5 Å². The number of aliphatic hydroxyl groups excluding tert-OH is 1. The van der Waals surface area contributed by atoms with Crippen molar-refractivity contribution in [2.75, 3.05) is 13.2 Å². The molecule has 0 bridgehead atoms. The highest BCUT2D eigenvalue weighted by molar-refractivity contribution is 4.70. The second-order valence-electron chi connectivity index (χ2n) is 3.60. The Kier molecular flexibility index (Phi) is 4.70. The summed E-state index contributed by atoms with van der Waals surface area (Å²) in [5.41, 5.74) is 0. The Morgan fingerprint density at radius 1 is 1.46 bits per heavy atom. The second kappa shape index (κ2) is 5.58. The van der Waals surface area contributed by atoms with E-state index >= 15 is 0 Å². The minimum Gasteiger partial charge on any atom is -0.394 e. The van der Waals surface area contributed by atoms with Crippen LogP contribution in [0.3, 0.4) is 0 Å². The van der Waals surface area contributed by atoms with Crippen molar-refractivity contribution in [3.05, 3.63) is 0 Å². The van der Waals surface area contributed by atoms with Gasteiger partial charge in [-0.05, 0) is 12.8 Å². The molecule has 1 rings (SSSR count). The Morgan fingerprint density at radius 2 is 2.23 bits per heavy atom. The molecule has 3 nitrogen and oxygen atoms in total. The summed E-state index contributed by atoms with van der Waals surface area (Å²) in [6.45, 7) is 4.93. The van der Waals surface area contributed by atoms with E-state index in [4.69, 9.17) is 14.6 Å². The number of ether oxygens (including phenoxy) is 2. The highest BCUT2D eigenvalue weighted by Crippen LogP contribution is 2.24. The lowest BCUT2D eigenvalue weighted by atomic mass is 10.0. The molecule has 3 atom stereocenters. The molecule has 0 aliphatic carbocycles. The first kappa shape index (κ1) is 11.0. The maximum atomic E-state index is 8.86. The first-order chi connectivity index (χ1) is 6.31. The molecule has 78 valence electrons. The van der Waals surface area contributed by atoms with Gasteiger partial charge in [0.25, 0.3) is 0 Å². The van der Waals surface area contributed by atoms with Gasteiger partial charge in [-0.3, -0.25) is 0 Å². The van der Waals surface area contributed by atoms with Crippen LogP contribution in [0.4, 0.5) is 0 Å². The molecule has 3 unspecified atom stereocenters. The molecule has 0 saturated carbocycles. The van der Waals surface area contributed by atoms with Gasteiger partial charge < -0.3 is 14.6 Å². The summed E-state index contributed by atoms with van der Waals surface area (Å²) in [6, 6.07) is 0. The fourth-order valence-corrected chi connectivity index (χ4v) is 1.72. The van der Waals surface area contributed by atoms with E-state index in [2.05, 4.69) is 13.8 Å². The van der Waals surface area contributed by atoms with Gasteiger partial charge in [0.2, 0.25) is 0 Å². The normalized spacial score (nSPS) is 30.7. The molecule has 1 heterocycles. The molecular weight excluding hydrogens is 168 g/mol. The average Bonchev–Trinajstić information content (AvgIpc) is 2.62. The van der Waals surface area contributed by atoms with Crippen LogP contribution in [-0.2, 0) is 9.47 Å². The zero-order valence-corrected chi connectivity index (χ0v) is 8.53. The third-order valence-electron chi connectivity index (χ3n) is 2.55. The third kappa shape index (κ3) is 2.93. The minimum atomic E-state index is -0.101. The number of aliphatic hydroxyl groups is 1. The number of hydrogen-bond donors (Lipinski definition) is 1. The van der Waals surface area contributed by atoms with Gasteiger partial charge in [0.15, 0.2) is 6.29 Å². The Labute approximate surface area is 80.0 Å². The van der Waals surface area contributed by atoms with Crippen molar-refractivity contribution >= 4 is 0 Å². The first-order valence-electron chi connectivity index (χ1n) is 5.19. The van der Waals surface area contributed by atoms with Crippen LogP contribution in [0.15, 0.2) is 0 Å².